The summed E-state index contributed by atoms with van der Waals surface area (Å²) in [7, 11) is 1.58. The molecule has 0 aliphatic rings. The molecule has 0 heterocycles. The lowest BCUT2D eigenvalue weighted by Gasteiger charge is -2.13. The maximum atomic E-state index is 5.60. The van der Waals surface area contributed by atoms with Gasteiger partial charge in [-0.25, -0.2) is 0 Å². The van der Waals surface area contributed by atoms with E-state index in [4.69, 9.17) is 20.9 Å². The average Bonchev–Trinajstić information content (AvgIpc) is 2.29. The van der Waals surface area contributed by atoms with Gasteiger partial charge in [-0.1, -0.05) is 0 Å². The minimum atomic E-state index is -0.0852. The van der Waals surface area contributed by atoms with Crippen LogP contribution in [-0.2, 0) is 0 Å². The highest BCUT2D eigenvalue weighted by molar-refractivity contribution is 5.82. The molecule has 1 aromatic carbocycles. The van der Waals surface area contributed by atoms with Crippen molar-refractivity contribution in [1.29, 1.82) is 0 Å². The van der Waals surface area contributed by atoms with E-state index >= 15 is 0 Å². The van der Waals surface area contributed by atoms with E-state index in [1.165, 1.54) is 6.21 Å². The highest BCUT2D eigenvalue weighted by Gasteiger charge is 2.06. The van der Waals surface area contributed by atoms with Crippen molar-refractivity contribution in [2.45, 2.75) is 20.0 Å². The predicted molar refractivity (Wildman–Crippen MR) is 72.2 cm³/mol. The van der Waals surface area contributed by atoms with Gasteiger partial charge in [0.1, 0.15) is 0 Å². The SMILES string of the molecule is COc1cc(/C=N\N=C(N)N)ccc1OC(C)C. The molecule has 1 aromatic rings. The van der Waals surface area contributed by atoms with Crippen LogP contribution in [0.4, 0.5) is 0 Å². The van der Waals surface area contributed by atoms with Crippen LogP contribution in [0.5, 0.6) is 11.5 Å². The first-order chi connectivity index (χ1) is 8.52. The highest BCUT2D eigenvalue weighted by Crippen LogP contribution is 2.28. The zero-order chi connectivity index (χ0) is 13.5. The number of ether oxygens (including phenoxy) is 2. The highest BCUT2D eigenvalue weighted by atomic mass is 16.5. The lowest BCUT2D eigenvalue weighted by atomic mass is 10.2. The monoisotopic (exact) mass is 250 g/mol. The number of hydrogen-bond acceptors (Lipinski definition) is 4. The smallest absolute Gasteiger partial charge is 0.211 e. The van der Waals surface area contributed by atoms with Crippen LogP contribution in [0.25, 0.3) is 0 Å². The fraction of sp³-hybridized carbons (Fsp3) is 0.333. The van der Waals surface area contributed by atoms with Crippen LogP contribution in [0.3, 0.4) is 0 Å². The van der Waals surface area contributed by atoms with Gasteiger partial charge in [0.15, 0.2) is 11.5 Å². The maximum Gasteiger partial charge on any atom is 0.211 e. The molecule has 0 saturated heterocycles. The van der Waals surface area contributed by atoms with Crippen molar-refractivity contribution in [2.24, 2.45) is 21.7 Å². The van der Waals surface area contributed by atoms with Crippen LogP contribution in [0.2, 0.25) is 0 Å². The zero-order valence-corrected chi connectivity index (χ0v) is 10.8. The van der Waals surface area contributed by atoms with Gasteiger partial charge in [-0.15, -0.1) is 5.10 Å². The molecular weight excluding hydrogens is 232 g/mol. The molecule has 0 aliphatic carbocycles. The van der Waals surface area contributed by atoms with E-state index in [1.54, 1.807) is 13.2 Å². The lowest BCUT2D eigenvalue weighted by molar-refractivity contribution is 0.230. The standard InChI is InChI=1S/C12H18N4O2/c1-8(2)18-10-5-4-9(6-11(10)17-3)7-15-16-12(13)14/h4-8H,1-3H3,(H4,13,14,16)/b15-7-. The molecular formula is C12H18N4O2. The van der Waals surface area contributed by atoms with Crippen LogP contribution < -0.4 is 20.9 Å². The van der Waals surface area contributed by atoms with Crippen molar-refractivity contribution in [3.63, 3.8) is 0 Å². The van der Waals surface area contributed by atoms with Gasteiger partial charge in [0.2, 0.25) is 5.96 Å². The first-order valence-electron chi connectivity index (χ1n) is 5.49. The van der Waals surface area contributed by atoms with Crippen LogP contribution in [0, 0.1) is 0 Å². The number of benzene rings is 1. The molecule has 18 heavy (non-hydrogen) atoms. The molecule has 6 nitrogen and oxygen atoms in total. The largest absolute Gasteiger partial charge is 0.493 e. The third-order valence-corrected chi connectivity index (χ3v) is 1.93. The number of hydrogen-bond donors (Lipinski definition) is 2. The van der Waals surface area contributed by atoms with Crippen molar-refractivity contribution in [3.05, 3.63) is 23.8 Å². The number of methoxy groups -OCH3 is 1. The summed E-state index contributed by atoms with van der Waals surface area (Å²) in [5.74, 6) is 1.24. The molecule has 98 valence electrons. The first kappa shape index (κ1) is 13.8. The summed E-state index contributed by atoms with van der Waals surface area (Å²) < 4.78 is 10.8. The van der Waals surface area contributed by atoms with Crippen molar-refractivity contribution < 1.29 is 9.47 Å². The number of nitrogens with zero attached hydrogens (tertiary/aromatic N) is 2. The zero-order valence-electron chi connectivity index (χ0n) is 10.8. The van der Waals surface area contributed by atoms with E-state index in [2.05, 4.69) is 10.2 Å². The lowest BCUT2D eigenvalue weighted by Crippen LogP contribution is -2.21. The summed E-state index contributed by atoms with van der Waals surface area (Å²) in [4.78, 5) is 0. The normalized spacial score (nSPS) is 10.7. The Morgan fingerprint density at radius 1 is 1.28 bits per heavy atom. The molecule has 0 saturated carbocycles. The van der Waals surface area contributed by atoms with Crippen molar-refractivity contribution in [1.82, 2.24) is 0 Å². The second kappa shape index (κ2) is 6.48. The summed E-state index contributed by atoms with van der Waals surface area (Å²) in [6, 6.07) is 5.45. The number of nitrogens with two attached hydrogens (primary N) is 2. The average molecular weight is 250 g/mol. The molecule has 0 atom stereocenters. The van der Waals surface area contributed by atoms with Crippen molar-refractivity contribution in [2.75, 3.05) is 7.11 Å². The summed E-state index contributed by atoms with van der Waals surface area (Å²) in [5.41, 5.74) is 11.1. The number of rotatable bonds is 5. The second-order valence-corrected chi connectivity index (χ2v) is 3.85. The van der Waals surface area contributed by atoms with E-state index < -0.39 is 0 Å². The molecule has 6 heteroatoms. The van der Waals surface area contributed by atoms with E-state index in [0.717, 1.165) is 5.56 Å². The van der Waals surface area contributed by atoms with Gasteiger partial charge in [0, 0.05) is 0 Å². The fourth-order valence-electron chi connectivity index (χ4n) is 1.28. The molecule has 4 N–H and O–H groups in total. The summed E-state index contributed by atoms with van der Waals surface area (Å²) in [6.45, 7) is 3.90. The van der Waals surface area contributed by atoms with Gasteiger partial charge in [-0.2, -0.15) is 5.10 Å². The Balaban J connectivity index is 2.91. The summed E-state index contributed by atoms with van der Waals surface area (Å²) in [5, 5.41) is 7.24. The Morgan fingerprint density at radius 3 is 2.56 bits per heavy atom. The van der Waals surface area contributed by atoms with Gasteiger partial charge in [0.25, 0.3) is 0 Å². The van der Waals surface area contributed by atoms with Crippen molar-refractivity contribution >= 4 is 12.2 Å². The minimum absolute atomic E-state index is 0.0834. The third-order valence-electron chi connectivity index (χ3n) is 1.93. The number of guanidine groups is 1. The van der Waals surface area contributed by atoms with Gasteiger partial charge in [0.05, 0.1) is 19.4 Å². The van der Waals surface area contributed by atoms with Gasteiger partial charge in [-0.3, -0.25) is 0 Å². The van der Waals surface area contributed by atoms with Crippen LogP contribution in [-0.4, -0.2) is 25.4 Å². The van der Waals surface area contributed by atoms with Crippen LogP contribution in [0.15, 0.2) is 28.4 Å². The quantitative estimate of drug-likeness (QED) is 0.464. The van der Waals surface area contributed by atoms with E-state index in [9.17, 15) is 0 Å². The van der Waals surface area contributed by atoms with Gasteiger partial charge < -0.3 is 20.9 Å². The van der Waals surface area contributed by atoms with E-state index in [1.807, 2.05) is 26.0 Å². The molecule has 0 aromatic heterocycles. The Morgan fingerprint density at radius 2 is 2.00 bits per heavy atom. The Kier molecular flexibility index (Phi) is 4.98. The van der Waals surface area contributed by atoms with Crippen LogP contribution >= 0.6 is 0 Å². The topological polar surface area (TPSA) is 95.2 Å². The van der Waals surface area contributed by atoms with E-state index in [-0.39, 0.29) is 12.1 Å². The maximum absolute atomic E-state index is 5.60. The summed E-state index contributed by atoms with van der Waals surface area (Å²) in [6.07, 6.45) is 1.61. The summed E-state index contributed by atoms with van der Waals surface area (Å²) >= 11 is 0. The molecule has 0 fully saturated rings. The molecule has 1 rings (SSSR count). The van der Waals surface area contributed by atoms with Gasteiger partial charge in [-0.05, 0) is 37.6 Å². The van der Waals surface area contributed by atoms with E-state index in [0.29, 0.717) is 11.5 Å². The molecule has 0 bridgehead atoms. The molecule has 0 amide bonds. The fourth-order valence-corrected chi connectivity index (χ4v) is 1.28. The third kappa shape index (κ3) is 4.32. The second-order valence-electron chi connectivity index (χ2n) is 3.85. The minimum Gasteiger partial charge on any atom is -0.493 e. The molecule has 0 radical (unpaired) electrons. The van der Waals surface area contributed by atoms with Gasteiger partial charge >= 0.3 is 0 Å². The van der Waals surface area contributed by atoms with Crippen LogP contribution in [0.1, 0.15) is 19.4 Å². The Bertz CT molecular complexity index is 451. The molecule has 0 spiro atoms. The Hall–Kier alpha value is -2.24. The first-order valence-corrected chi connectivity index (χ1v) is 5.49. The predicted octanol–water partition coefficient (Wildman–Crippen LogP) is 1.09. The van der Waals surface area contributed by atoms with Crippen molar-refractivity contribution in [3.8, 4) is 11.5 Å². The molecule has 0 unspecified atom stereocenters. The molecule has 0 aliphatic heterocycles. The Labute approximate surface area is 106 Å².